The Hall–Kier alpha value is -3.09. The average Bonchev–Trinajstić information content (AvgIpc) is 3.25. The Morgan fingerprint density at radius 2 is 2.07 bits per heavy atom. The molecule has 0 saturated heterocycles. The van der Waals surface area contributed by atoms with E-state index in [-0.39, 0.29) is 17.7 Å². The van der Waals surface area contributed by atoms with Crippen molar-refractivity contribution in [2.24, 2.45) is 0 Å². The highest BCUT2D eigenvalue weighted by Gasteiger charge is 2.28. The number of ether oxygens (including phenoxy) is 1. The topological polar surface area (TPSA) is 82.2 Å². The Labute approximate surface area is 157 Å². The molecule has 2 aromatic heterocycles. The number of aromatic nitrogens is 3. The lowest BCUT2D eigenvalue weighted by atomic mass is 9.92. The zero-order chi connectivity index (χ0) is 19.0. The molecule has 0 bridgehead atoms. The summed E-state index contributed by atoms with van der Waals surface area (Å²) >= 11 is 0. The van der Waals surface area contributed by atoms with E-state index in [1.54, 1.807) is 21.0 Å². The summed E-state index contributed by atoms with van der Waals surface area (Å²) in [5.41, 5.74) is 3.77. The first kappa shape index (κ1) is 17.3. The molecule has 3 aromatic rings. The number of nitrogens with one attached hydrogen (secondary N) is 1. The van der Waals surface area contributed by atoms with Crippen LogP contribution < -0.4 is 10.1 Å². The Morgan fingerprint density at radius 1 is 1.30 bits per heavy atom. The third kappa shape index (κ3) is 3.20. The standard InChI is InChI=1S/C20H22N4O3/c1-12-19(27-13(2)22-12)20(25)23-17-5-4-6-18-16(17)11-21-24(18)14-7-9-15(26-3)10-8-14/h7-11,17H,4-6H2,1-3H3,(H,23,25)/t17-/m1/s1. The molecule has 0 saturated carbocycles. The van der Waals surface area contributed by atoms with E-state index < -0.39 is 0 Å². The van der Waals surface area contributed by atoms with Crippen LogP contribution in [0.15, 0.2) is 34.9 Å². The van der Waals surface area contributed by atoms with Crippen LogP contribution in [0.5, 0.6) is 5.75 Å². The number of nitrogens with zero attached hydrogens (tertiary/aromatic N) is 3. The zero-order valence-corrected chi connectivity index (χ0v) is 15.7. The minimum Gasteiger partial charge on any atom is -0.497 e. The van der Waals surface area contributed by atoms with Gasteiger partial charge in [-0.1, -0.05) is 0 Å². The van der Waals surface area contributed by atoms with E-state index in [9.17, 15) is 4.79 Å². The molecule has 0 radical (unpaired) electrons. The molecule has 1 N–H and O–H groups in total. The van der Waals surface area contributed by atoms with Gasteiger partial charge < -0.3 is 14.5 Å². The number of carbonyl (C=O) groups is 1. The van der Waals surface area contributed by atoms with Gasteiger partial charge in [0, 0.05) is 18.2 Å². The maximum absolute atomic E-state index is 12.6. The minimum absolute atomic E-state index is 0.0851. The van der Waals surface area contributed by atoms with Crippen LogP contribution in [0.2, 0.25) is 0 Å². The molecule has 1 aliphatic carbocycles. The molecule has 2 heterocycles. The van der Waals surface area contributed by atoms with Crippen LogP contribution in [-0.2, 0) is 6.42 Å². The number of aryl methyl sites for hydroxylation is 2. The Balaban J connectivity index is 1.59. The van der Waals surface area contributed by atoms with Crippen LogP contribution >= 0.6 is 0 Å². The van der Waals surface area contributed by atoms with Crippen LogP contribution in [0, 0.1) is 13.8 Å². The van der Waals surface area contributed by atoms with Crippen LogP contribution in [0.4, 0.5) is 0 Å². The number of amides is 1. The molecule has 1 aliphatic rings. The van der Waals surface area contributed by atoms with Crippen molar-refractivity contribution in [2.75, 3.05) is 7.11 Å². The summed E-state index contributed by atoms with van der Waals surface area (Å²) in [7, 11) is 1.65. The van der Waals surface area contributed by atoms with Crippen LogP contribution in [0.3, 0.4) is 0 Å². The molecular weight excluding hydrogens is 344 g/mol. The van der Waals surface area contributed by atoms with E-state index in [1.807, 2.05) is 35.1 Å². The number of hydrogen-bond donors (Lipinski definition) is 1. The molecule has 7 nitrogen and oxygen atoms in total. The van der Waals surface area contributed by atoms with Gasteiger partial charge in [0.1, 0.15) is 5.75 Å². The lowest BCUT2D eigenvalue weighted by Crippen LogP contribution is -2.31. The third-order valence-electron chi connectivity index (χ3n) is 4.92. The molecule has 0 spiro atoms. The Kier molecular flexibility index (Phi) is 4.43. The van der Waals surface area contributed by atoms with E-state index in [4.69, 9.17) is 9.15 Å². The summed E-state index contributed by atoms with van der Waals surface area (Å²) in [4.78, 5) is 16.8. The van der Waals surface area contributed by atoms with Crippen molar-refractivity contribution < 1.29 is 13.9 Å². The van der Waals surface area contributed by atoms with Gasteiger partial charge in [-0.2, -0.15) is 5.10 Å². The second-order valence-corrected chi connectivity index (χ2v) is 6.72. The largest absolute Gasteiger partial charge is 0.497 e. The maximum atomic E-state index is 12.6. The maximum Gasteiger partial charge on any atom is 0.289 e. The minimum atomic E-state index is -0.233. The fourth-order valence-electron chi connectivity index (χ4n) is 3.62. The summed E-state index contributed by atoms with van der Waals surface area (Å²) < 4.78 is 12.6. The smallest absolute Gasteiger partial charge is 0.289 e. The molecule has 27 heavy (non-hydrogen) atoms. The fourth-order valence-corrected chi connectivity index (χ4v) is 3.62. The van der Waals surface area contributed by atoms with Crippen molar-refractivity contribution in [3.05, 3.63) is 59.1 Å². The highest BCUT2D eigenvalue weighted by molar-refractivity contribution is 5.92. The summed E-state index contributed by atoms with van der Waals surface area (Å²) in [5, 5.41) is 7.65. The van der Waals surface area contributed by atoms with E-state index in [0.717, 1.165) is 42.0 Å². The number of fused-ring (bicyclic) bond motifs is 1. The Bertz CT molecular complexity index is 972. The average molecular weight is 366 g/mol. The lowest BCUT2D eigenvalue weighted by Gasteiger charge is -2.24. The number of hydrogen-bond acceptors (Lipinski definition) is 5. The van der Waals surface area contributed by atoms with Gasteiger partial charge in [-0.05, 0) is 50.5 Å². The normalized spacial score (nSPS) is 16.0. The van der Waals surface area contributed by atoms with Crippen LogP contribution in [0.25, 0.3) is 5.69 Å². The molecule has 140 valence electrons. The van der Waals surface area contributed by atoms with Gasteiger partial charge in [-0.25, -0.2) is 9.67 Å². The summed E-state index contributed by atoms with van der Waals surface area (Å²) in [6.45, 7) is 3.51. The van der Waals surface area contributed by atoms with E-state index in [1.165, 1.54) is 0 Å². The predicted molar refractivity (Wildman–Crippen MR) is 99.2 cm³/mol. The number of benzene rings is 1. The molecule has 1 amide bonds. The molecular formula is C20H22N4O3. The van der Waals surface area contributed by atoms with Gasteiger partial charge in [-0.3, -0.25) is 4.79 Å². The number of carbonyl (C=O) groups excluding carboxylic acids is 1. The van der Waals surface area contributed by atoms with Crippen molar-refractivity contribution >= 4 is 5.91 Å². The molecule has 4 rings (SSSR count). The molecule has 7 heteroatoms. The van der Waals surface area contributed by atoms with Gasteiger partial charge >= 0.3 is 0 Å². The number of rotatable bonds is 4. The molecule has 1 aromatic carbocycles. The number of methoxy groups -OCH3 is 1. The second-order valence-electron chi connectivity index (χ2n) is 6.72. The summed E-state index contributed by atoms with van der Waals surface area (Å²) in [6, 6.07) is 7.71. The van der Waals surface area contributed by atoms with Gasteiger partial charge in [0.15, 0.2) is 5.89 Å². The first-order chi connectivity index (χ1) is 13.1. The van der Waals surface area contributed by atoms with Crippen molar-refractivity contribution in [1.29, 1.82) is 0 Å². The van der Waals surface area contributed by atoms with Gasteiger partial charge in [0.05, 0.1) is 30.7 Å². The zero-order valence-electron chi connectivity index (χ0n) is 15.7. The SMILES string of the molecule is COc1ccc(-n2ncc3c2CCC[C@H]3NC(=O)c2oc(C)nc2C)cc1. The van der Waals surface area contributed by atoms with Gasteiger partial charge in [0.2, 0.25) is 5.76 Å². The first-order valence-electron chi connectivity index (χ1n) is 9.03. The van der Waals surface area contributed by atoms with Crippen molar-refractivity contribution in [2.45, 2.75) is 39.2 Å². The predicted octanol–water partition coefficient (Wildman–Crippen LogP) is 3.29. The van der Waals surface area contributed by atoms with E-state index >= 15 is 0 Å². The van der Waals surface area contributed by atoms with Gasteiger partial charge in [0.25, 0.3) is 5.91 Å². The third-order valence-corrected chi connectivity index (χ3v) is 4.92. The number of oxazole rings is 1. The monoisotopic (exact) mass is 366 g/mol. The fraction of sp³-hybridized carbons (Fsp3) is 0.350. The van der Waals surface area contributed by atoms with Crippen LogP contribution in [-0.4, -0.2) is 27.8 Å². The second kappa shape index (κ2) is 6.90. The van der Waals surface area contributed by atoms with E-state index in [2.05, 4.69) is 15.4 Å². The Morgan fingerprint density at radius 3 is 2.74 bits per heavy atom. The summed E-state index contributed by atoms with van der Waals surface area (Å²) in [5.74, 6) is 1.35. The molecule has 1 atom stereocenters. The first-order valence-corrected chi connectivity index (χ1v) is 9.03. The van der Waals surface area contributed by atoms with Crippen molar-refractivity contribution in [3.8, 4) is 11.4 Å². The molecule has 0 aliphatic heterocycles. The molecule has 0 fully saturated rings. The highest BCUT2D eigenvalue weighted by atomic mass is 16.5. The van der Waals surface area contributed by atoms with Crippen molar-refractivity contribution in [3.63, 3.8) is 0 Å². The van der Waals surface area contributed by atoms with Crippen molar-refractivity contribution in [1.82, 2.24) is 20.1 Å². The quantitative estimate of drug-likeness (QED) is 0.766. The van der Waals surface area contributed by atoms with E-state index in [0.29, 0.717) is 11.6 Å². The molecule has 0 unspecified atom stereocenters. The summed E-state index contributed by atoms with van der Waals surface area (Å²) in [6.07, 6.45) is 4.63. The lowest BCUT2D eigenvalue weighted by molar-refractivity contribution is 0.0902. The highest BCUT2D eigenvalue weighted by Crippen LogP contribution is 2.31. The van der Waals surface area contributed by atoms with Crippen LogP contribution in [0.1, 0.15) is 52.3 Å². The van der Waals surface area contributed by atoms with Gasteiger partial charge in [-0.15, -0.1) is 0 Å².